The van der Waals surface area contributed by atoms with Gasteiger partial charge in [-0.1, -0.05) is 51.2 Å². The second kappa shape index (κ2) is 10.4. The standard InChI is InChI=1S/C15H18F3N5.C7H14/c1-23(6-5-19)12(8-20)13(21)11-7-9-3-2-4-10(14(9)22-11)15(16,17)18;1-7-5-3-2-4-6-7/h2-7,22H,8,19-21H2,1H3;7H,2-6H2,1H3/b6-5-,13-12-;. The molecule has 0 bridgehead atoms. The molecule has 0 unspecified atom stereocenters. The Hall–Kier alpha value is -2.61. The van der Waals surface area contributed by atoms with Crippen molar-refractivity contribution in [3.63, 3.8) is 0 Å². The highest BCUT2D eigenvalue weighted by Gasteiger charge is 2.33. The van der Waals surface area contributed by atoms with Gasteiger partial charge in [0.1, 0.15) is 0 Å². The van der Waals surface area contributed by atoms with Crippen molar-refractivity contribution in [1.29, 1.82) is 0 Å². The first kappa shape index (κ1) is 23.7. The van der Waals surface area contributed by atoms with E-state index in [1.54, 1.807) is 30.3 Å². The second-order valence-electron chi connectivity index (χ2n) is 7.71. The molecule has 8 heteroatoms. The highest BCUT2D eigenvalue weighted by atomic mass is 19.4. The number of hydrogen-bond donors (Lipinski definition) is 4. The van der Waals surface area contributed by atoms with Crippen LogP contribution in [0.5, 0.6) is 0 Å². The molecule has 1 fully saturated rings. The molecule has 2 aromatic rings. The zero-order valence-corrected chi connectivity index (χ0v) is 17.6. The van der Waals surface area contributed by atoms with Gasteiger partial charge in [-0.3, -0.25) is 0 Å². The van der Waals surface area contributed by atoms with Crippen LogP contribution in [0, 0.1) is 5.92 Å². The van der Waals surface area contributed by atoms with Crippen molar-refractivity contribution in [2.24, 2.45) is 23.1 Å². The van der Waals surface area contributed by atoms with Gasteiger partial charge in [-0.25, -0.2) is 0 Å². The monoisotopic (exact) mass is 423 g/mol. The molecule has 1 aliphatic rings. The molecule has 30 heavy (non-hydrogen) atoms. The van der Waals surface area contributed by atoms with E-state index in [-0.39, 0.29) is 17.8 Å². The fourth-order valence-electron chi connectivity index (χ4n) is 3.66. The molecule has 0 spiro atoms. The number of H-pyrrole nitrogens is 1. The predicted octanol–water partition coefficient (Wildman–Crippen LogP) is 4.72. The minimum Gasteiger partial charge on any atom is -0.403 e. The summed E-state index contributed by atoms with van der Waals surface area (Å²) in [5.74, 6) is 1.04. The largest absolute Gasteiger partial charge is 0.418 e. The van der Waals surface area contributed by atoms with Gasteiger partial charge in [0.05, 0.1) is 28.2 Å². The van der Waals surface area contributed by atoms with Crippen molar-refractivity contribution in [2.45, 2.75) is 45.2 Å². The number of hydrogen-bond acceptors (Lipinski definition) is 4. The number of halogens is 3. The molecule has 0 amide bonds. The first-order chi connectivity index (χ1) is 14.2. The van der Waals surface area contributed by atoms with Crippen molar-refractivity contribution >= 4 is 16.6 Å². The van der Waals surface area contributed by atoms with Gasteiger partial charge in [-0.05, 0) is 18.1 Å². The van der Waals surface area contributed by atoms with E-state index in [2.05, 4.69) is 11.9 Å². The van der Waals surface area contributed by atoms with Gasteiger partial charge >= 0.3 is 6.18 Å². The predicted molar refractivity (Wildman–Crippen MR) is 117 cm³/mol. The van der Waals surface area contributed by atoms with Crippen molar-refractivity contribution in [3.8, 4) is 0 Å². The topological polar surface area (TPSA) is 97.1 Å². The van der Waals surface area contributed by atoms with Crippen LogP contribution < -0.4 is 17.2 Å². The zero-order valence-electron chi connectivity index (χ0n) is 17.6. The molecular formula is C22H32F3N5. The van der Waals surface area contributed by atoms with Gasteiger partial charge in [0.15, 0.2) is 0 Å². The fraction of sp³-hybridized carbons (Fsp3) is 0.455. The summed E-state index contributed by atoms with van der Waals surface area (Å²) in [6.07, 6.45) is 5.86. The number of fused-ring (bicyclic) bond motifs is 1. The van der Waals surface area contributed by atoms with E-state index in [9.17, 15) is 13.2 Å². The molecule has 0 saturated heterocycles. The summed E-state index contributed by atoms with van der Waals surface area (Å²) < 4.78 is 39.2. The molecule has 3 rings (SSSR count). The minimum absolute atomic E-state index is 0.00802. The third-order valence-electron chi connectivity index (χ3n) is 5.39. The quantitative estimate of drug-likeness (QED) is 0.572. The van der Waals surface area contributed by atoms with Crippen LogP contribution in [0.25, 0.3) is 16.6 Å². The maximum absolute atomic E-state index is 13.1. The molecule has 1 aliphatic carbocycles. The Morgan fingerprint density at radius 3 is 2.40 bits per heavy atom. The Kier molecular flexibility index (Phi) is 8.23. The van der Waals surface area contributed by atoms with E-state index in [0.717, 1.165) is 12.0 Å². The number of aromatic amines is 1. The lowest BCUT2D eigenvalue weighted by Gasteiger charge is -2.19. The Morgan fingerprint density at radius 1 is 1.23 bits per heavy atom. The number of rotatable bonds is 4. The molecule has 1 saturated carbocycles. The zero-order chi connectivity index (χ0) is 22.3. The van der Waals surface area contributed by atoms with Crippen LogP contribution >= 0.6 is 0 Å². The number of para-hydroxylation sites is 1. The van der Waals surface area contributed by atoms with Gasteiger partial charge in [-0.15, -0.1) is 0 Å². The first-order valence-corrected chi connectivity index (χ1v) is 10.2. The molecule has 166 valence electrons. The van der Waals surface area contributed by atoms with Gasteiger partial charge in [0, 0.05) is 31.4 Å². The van der Waals surface area contributed by atoms with E-state index in [4.69, 9.17) is 17.2 Å². The lowest BCUT2D eigenvalue weighted by molar-refractivity contribution is -0.136. The van der Waals surface area contributed by atoms with Crippen molar-refractivity contribution in [1.82, 2.24) is 9.88 Å². The molecule has 0 radical (unpaired) electrons. The highest BCUT2D eigenvalue weighted by molar-refractivity contribution is 5.87. The Morgan fingerprint density at radius 2 is 1.90 bits per heavy atom. The SMILES string of the molecule is CC1CCCCC1.CN(/C=C\N)/C(CN)=C(\N)c1cc2cccc(C(F)(F)F)c2[nH]1. The number of nitrogens with two attached hydrogens (primary N) is 3. The van der Waals surface area contributed by atoms with Crippen LogP contribution in [0.1, 0.15) is 50.3 Å². The molecule has 0 atom stereocenters. The van der Waals surface area contributed by atoms with Gasteiger partial charge < -0.3 is 27.1 Å². The number of nitrogens with zero attached hydrogens (tertiary/aromatic N) is 1. The van der Waals surface area contributed by atoms with E-state index in [1.165, 1.54) is 44.4 Å². The van der Waals surface area contributed by atoms with Crippen molar-refractivity contribution < 1.29 is 13.2 Å². The van der Waals surface area contributed by atoms with Crippen LogP contribution in [-0.4, -0.2) is 23.5 Å². The number of nitrogens with one attached hydrogen (secondary N) is 1. The third kappa shape index (κ3) is 5.95. The Balaban J connectivity index is 0.000000386. The molecule has 1 aromatic heterocycles. The summed E-state index contributed by atoms with van der Waals surface area (Å²) in [7, 11) is 1.70. The van der Waals surface area contributed by atoms with Crippen molar-refractivity contribution in [3.05, 3.63) is 53.6 Å². The average molecular weight is 424 g/mol. The van der Waals surface area contributed by atoms with Crippen molar-refractivity contribution in [2.75, 3.05) is 13.6 Å². The molecular weight excluding hydrogens is 391 g/mol. The van der Waals surface area contributed by atoms with Gasteiger partial charge in [0.2, 0.25) is 0 Å². The fourth-order valence-corrected chi connectivity index (χ4v) is 3.66. The van der Waals surface area contributed by atoms with Crippen LogP contribution in [0.2, 0.25) is 0 Å². The first-order valence-electron chi connectivity index (χ1n) is 10.2. The number of aromatic nitrogens is 1. The Bertz CT molecular complexity index is 877. The van der Waals surface area contributed by atoms with Gasteiger partial charge in [0.25, 0.3) is 0 Å². The molecule has 1 heterocycles. The average Bonchev–Trinajstić information content (AvgIpc) is 3.13. The third-order valence-corrected chi connectivity index (χ3v) is 5.39. The smallest absolute Gasteiger partial charge is 0.403 e. The van der Waals surface area contributed by atoms with E-state index in [1.807, 2.05) is 0 Å². The number of benzene rings is 1. The summed E-state index contributed by atoms with van der Waals surface area (Å²) >= 11 is 0. The van der Waals surface area contributed by atoms with Crippen LogP contribution in [0.4, 0.5) is 13.2 Å². The van der Waals surface area contributed by atoms with Crippen LogP contribution in [-0.2, 0) is 6.18 Å². The second-order valence-corrected chi connectivity index (χ2v) is 7.71. The van der Waals surface area contributed by atoms with E-state index in [0.29, 0.717) is 16.8 Å². The summed E-state index contributed by atoms with van der Waals surface area (Å²) in [5, 5.41) is 0.422. The molecule has 0 aliphatic heterocycles. The molecule has 5 nitrogen and oxygen atoms in total. The van der Waals surface area contributed by atoms with Crippen LogP contribution in [0.3, 0.4) is 0 Å². The normalized spacial score (nSPS) is 16.3. The maximum Gasteiger partial charge on any atom is 0.418 e. The Labute approximate surface area is 175 Å². The lowest BCUT2D eigenvalue weighted by Crippen LogP contribution is -2.23. The lowest BCUT2D eigenvalue weighted by atomic mass is 9.91. The highest BCUT2D eigenvalue weighted by Crippen LogP contribution is 2.35. The summed E-state index contributed by atoms with van der Waals surface area (Å²) in [6, 6.07) is 5.53. The summed E-state index contributed by atoms with van der Waals surface area (Å²) in [6.45, 7) is 2.47. The van der Waals surface area contributed by atoms with E-state index >= 15 is 0 Å². The number of alkyl halides is 3. The van der Waals surface area contributed by atoms with Gasteiger partial charge in [-0.2, -0.15) is 13.2 Å². The molecule has 7 N–H and O–H groups in total. The maximum atomic E-state index is 13.1. The summed E-state index contributed by atoms with van der Waals surface area (Å²) in [5.41, 5.74) is 17.5. The number of likely N-dealkylation sites (N-methyl/N-ethyl adjacent to an activating group) is 1. The molecule has 1 aromatic carbocycles. The van der Waals surface area contributed by atoms with Crippen LogP contribution in [0.15, 0.2) is 42.4 Å². The summed E-state index contributed by atoms with van der Waals surface area (Å²) in [4.78, 5) is 4.36. The van der Waals surface area contributed by atoms with E-state index < -0.39 is 11.7 Å². The minimum atomic E-state index is -4.45.